The van der Waals surface area contributed by atoms with Crippen LogP contribution in [0.5, 0.6) is 11.5 Å². The molecule has 2 unspecified atom stereocenters. The molecule has 2 aromatic rings. The van der Waals surface area contributed by atoms with Gasteiger partial charge in [0.05, 0.1) is 18.6 Å². The first kappa shape index (κ1) is 24.0. The average molecular weight is 499 g/mol. The van der Waals surface area contributed by atoms with Crippen LogP contribution < -0.4 is 9.47 Å². The quantitative estimate of drug-likeness (QED) is 0.431. The number of carbonyl (C=O) groups is 2. The van der Waals surface area contributed by atoms with Gasteiger partial charge in [0.1, 0.15) is 17.2 Å². The summed E-state index contributed by atoms with van der Waals surface area (Å²) in [6.07, 6.45) is 5.15. The monoisotopic (exact) mass is 498 g/mol. The van der Waals surface area contributed by atoms with Crippen LogP contribution in [0.1, 0.15) is 31.5 Å². The summed E-state index contributed by atoms with van der Waals surface area (Å²) in [5.74, 6) is 0.613. The number of halogens is 2. The molecule has 8 nitrogen and oxygen atoms in total. The van der Waals surface area contributed by atoms with Crippen molar-refractivity contribution in [2.75, 3.05) is 26.2 Å². The zero-order chi connectivity index (χ0) is 25.7. The number of hydrogen-bond donors (Lipinski definition) is 0. The molecule has 10 heteroatoms. The molecule has 5 rings (SSSR count). The molecular formula is C26H28F2N4O4. The Morgan fingerprint density at radius 2 is 2.17 bits per heavy atom. The number of piperazine rings is 1. The number of nitrogens with zero attached hydrogens (tertiary/aromatic N) is 4. The molecule has 0 N–H and O–H groups in total. The van der Waals surface area contributed by atoms with Crippen LogP contribution in [0.4, 0.5) is 8.78 Å². The SMILES string of the molecule is C/C(=C\C=C1\C(=O)N(CC23CC2COc2ccc(OC(C)(F)F)cc23)CCN1C=O)n1cnc(C)c1. The first-order valence-corrected chi connectivity index (χ1v) is 11.8. The second-order valence-electron chi connectivity index (χ2n) is 9.74. The van der Waals surface area contributed by atoms with Gasteiger partial charge in [0.25, 0.3) is 5.91 Å². The summed E-state index contributed by atoms with van der Waals surface area (Å²) in [4.78, 5) is 32.6. The van der Waals surface area contributed by atoms with Gasteiger partial charge in [-0.2, -0.15) is 8.78 Å². The number of benzene rings is 1. The highest BCUT2D eigenvalue weighted by atomic mass is 19.3. The first-order valence-electron chi connectivity index (χ1n) is 11.8. The van der Waals surface area contributed by atoms with Crippen molar-refractivity contribution in [1.82, 2.24) is 19.4 Å². The number of hydrogen-bond acceptors (Lipinski definition) is 5. The van der Waals surface area contributed by atoms with Crippen molar-refractivity contribution < 1.29 is 27.8 Å². The van der Waals surface area contributed by atoms with E-state index in [0.717, 1.165) is 23.4 Å². The predicted octanol–water partition coefficient (Wildman–Crippen LogP) is 3.58. The number of fused-ring (bicyclic) bond motifs is 3. The summed E-state index contributed by atoms with van der Waals surface area (Å²) in [6, 6.07) is 4.72. The van der Waals surface area contributed by atoms with E-state index >= 15 is 0 Å². The molecule has 0 radical (unpaired) electrons. The molecule has 1 saturated carbocycles. The van der Waals surface area contributed by atoms with Gasteiger partial charge in [0.2, 0.25) is 6.41 Å². The van der Waals surface area contributed by atoms with Gasteiger partial charge in [-0.25, -0.2) is 4.98 Å². The minimum atomic E-state index is -3.30. The Balaban J connectivity index is 1.40. The second kappa shape index (κ2) is 8.76. The highest BCUT2D eigenvalue weighted by Crippen LogP contribution is 2.60. The molecule has 2 aliphatic heterocycles. The maximum atomic E-state index is 13.5. The topological polar surface area (TPSA) is 76.9 Å². The molecule has 2 atom stereocenters. The van der Waals surface area contributed by atoms with Gasteiger partial charge < -0.3 is 23.8 Å². The van der Waals surface area contributed by atoms with Gasteiger partial charge in [0.15, 0.2) is 0 Å². The lowest BCUT2D eigenvalue weighted by atomic mass is 9.89. The van der Waals surface area contributed by atoms with Gasteiger partial charge in [-0.3, -0.25) is 9.59 Å². The highest BCUT2D eigenvalue weighted by Gasteiger charge is 2.60. The van der Waals surface area contributed by atoms with E-state index in [1.165, 1.54) is 11.0 Å². The van der Waals surface area contributed by atoms with Crippen molar-refractivity contribution in [2.45, 2.75) is 38.7 Å². The molecule has 3 heterocycles. The maximum absolute atomic E-state index is 13.5. The van der Waals surface area contributed by atoms with Crippen molar-refractivity contribution >= 4 is 18.0 Å². The molecule has 2 amide bonds. The number of alkyl halides is 2. The van der Waals surface area contributed by atoms with Gasteiger partial charge in [0, 0.05) is 55.3 Å². The van der Waals surface area contributed by atoms with Crippen molar-refractivity contribution in [1.29, 1.82) is 0 Å². The summed E-state index contributed by atoms with van der Waals surface area (Å²) in [7, 11) is 0. The molecular weight excluding hydrogens is 470 g/mol. The third-order valence-electron chi connectivity index (χ3n) is 7.08. The molecule has 1 saturated heterocycles. The summed E-state index contributed by atoms with van der Waals surface area (Å²) in [5, 5.41) is 0. The van der Waals surface area contributed by atoms with Crippen molar-refractivity contribution in [3.05, 3.63) is 59.8 Å². The molecule has 1 aromatic heterocycles. The normalized spacial score (nSPS) is 24.8. The Labute approximate surface area is 207 Å². The number of allylic oxidation sites excluding steroid dienone is 3. The van der Waals surface area contributed by atoms with Crippen LogP contribution >= 0.6 is 0 Å². The van der Waals surface area contributed by atoms with E-state index in [1.807, 2.05) is 24.6 Å². The zero-order valence-corrected chi connectivity index (χ0v) is 20.4. The number of aryl methyl sites for hydroxylation is 1. The Bertz CT molecular complexity index is 1260. The van der Waals surface area contributed by atoms with Gasteiger partial charge in [-0.05, 0) is 50.6 Å². The second-order valence-corrected chi connectivity index (χ2v) is 9.74. The van der Waals surface area contributed by atoms with Gasteiger partial charge in [-0.1, -0.05) is 0 Å². The summed E-state index contributed by atoms with van der Waals surface area (Å²) in [5.41, 5.74) is 2.40. The predicted molar refractivity (Wildman–Crippen MR) is 127 cm³/mol. The Morgan fingerprint density at radius 1 is 1.36 bits per heavy atom. The van der Waals surface area contributed by atoms with Crippen LogP contribution in [0.3, 0.4) is 0 Å². The van der Waals surface area contributed by atoms with Crippen molar-refractivity contribution in [3.63, 3.8) is 0 Å². The number of rotatable bonds is 7. The number of amides is 2. The zero-order valence-electron chi connectivity index (χ0n) is 20.4. The standard InChI is InChI=1S/C26H28F2N4O4/c1-17-12-32(15-29-17)18(2)4-6-22-24(34)30(8-9-31(22)16-33)14-26-11-19(26)13-35-23-7-5-20(10-21(23)26)36-25(3,27)28/h4-7,10,12,15-16,19H,8-9,11,13-14H2,1-3H3/b18-4+,22-6-. The van der Waals surface area contributed by atoms with E-state index in [0.29, 0.717) is 45.3 Å². The van der Waals surface area contributed by atoms with Gasteiger partial charge in [-0.15, -0.1) is 0 Å². The minimum Gasteiger partial charge on any atom is -0.493 e. The maximum Gasteiger partial charge on any atom is 0.394 e. The van der Waals surface area contributed by atoms with Crippen LogP contribution in [-0.4, -0.2) is 64.0 Å². The Morgan fingerprint density at radius 3 is 2.86 bits per heavy atom. The molecule has 36 heavy (non-hydrogen) atoms. The molecule has 3 aliphatic rings. The summed E-state index contributed by atoms with van der Waals surface area (Å²) in [6.45, 7) is 6.14. The fraction of sp³-hybridized carbons (Fsp3) is 0.423. The fourth-order valence-electron chi connectivity index (χ4n) is 5.10. The average Bonchev–Trinajstić information content (AvgIpc) is 3.39. The molecule has 1 aliphatic carbocycles. The number of aromatic nitrogens is 2. The van der Waals surface area contributed by atoms with Crippen molar-refractivity contribution in [3.8, 4) is 11.5 Å². The van der Waals surface area contributed by atoms with E-state index in [4.69, 9.17) is 9.47 Å². The number of imidazole rings is 1. The van der Waals surface area contributed by atoms with E-state index in [2.05, 4.69) is 4.98 Å². The molecule has 190 valence electrons. The first-order chi connectivity index (χ1) is 17.1. The minimum absolute atomic E-state index is 0.0600. The van der Waals surface area contributed by atoms with E-state index < -0.39 is 6.11 Å². The van der Waals surface area contributed by atoms with Crippen LogP contribution in [0.25, 0.3) is 5.70 Å². The summed E-state index contributed by atoms with van der Waals surface area (Å²) >= 11 is 0. The molecule has 0 spiro atoms. The largest absolute Gasteiger partial charge is 0.493 e. The van der Waals surface area contributed by atoms with Crippen LogP contribution in [-0.2, 0) is 15.0 Å². The molecule has 1 aromatic carbocycles. The summed E-state index contributed by atoms with van der Waals surface area (Å²) < 4.78 is 39.4. The van der Waals surface area contributed by atoms with Crippen LogP contribution in [0.15, 0.2) is 48.6 Å². The lowest BCUT2D eigenvalue weighted by Crippen LogP contribution is -2.51. The third kappa shape index (κ3) is 4.47. The van der Waals surface area contributed by atoms with E-state index in [1.54, 1.807) is 35.5 Å². The van der Waals surface area contributed by atoms with E-state index in [-0.39, 0.29) is 28.7 Å². The Hall–Kier alpha value is -3.69. The fourth-order valence-corrected chi connectivity index (χ4v) is 5.10. The van der Waals surface area contributed by atoms with Gasteiger partial charge >= 0.3 is 6.11 Å². The van der Waals surface area contributed by atoms with Crippen LogP contribution in [0.2, 0.25) is 0 Å². The number of ether oxygens (including phenoxy) is 2. The molecule has 2 fully saturated rings. The van der Waals surface area contributed by atoms with E-state index in [9.17, 15) is 18.4 Å². The highest BCUT2D eigenvalue weighted by molar-refractivity contribution is 5.96. The third-order valence-corrected chi connectivity index (χ3v) is 7.08. The molecule has 0 bridgehead atoms. The lowest BCUT2D eigenvalue weighted by Gasteiger charge is -2.38. The number of carbonyl (C=O) groups excluding carboxylic acids is 2. The van der Waals surface area contributed by atoms with Crippen molar-refractivity contribution in [2.24, 2.45) is 5.92 Å². The van der Waals surface area contributed by atoms with Crippen LogP contribution in [0, 0.1) is 12.8 Å². The Kier molecular flexibility index (Phi) is 5.84. The smallest absolute Gasteiger partial charge is 0.394 e. The lowest BCUT2D eigenvalue weighted by molar-refractivity contribution is -0.159.